The fourth-order valence-electron chi connectivity index (χ4n) is 7.50. The van der Waals surface area contributed by atoms with Crippen LogP contribution in [-0.4, -0.2) is 4.57 Å². The Morgan fingerprint density at radius 3 is 2.02 bits per heavy atom. The Bertz CT molecular complexity index is 2840. The normalized spacial score (nSPS) is 11.7. The third kappa shape index (κ3) is 4.55. The molecule has 49 heavy (non-hydrogen) atoms. The average Bonchev–Trinajstić information content (AvgIpc) is 3.71. The fraction of sp³-hybridized carbons (Fsp3) is 0. The maximum absolute atomic E-state index is 2.44. The SMILES string of the molecule is c1ccc(N(c2cccc(-n3c4ccccc4c4ccc(-c5cccc6c5sc5ccccc56)cc43)c2)c2ccc3ccccc3c2)cc1. The van der Waals surface area contributed by atoms with Crippen molar-refractivity contribution >= 4 is 81.1 Å². The van der Waals surface area contributed by atoms with Crippen molar-refractivity contribution in [3.63, 3.8) is 0 Å². The van der Waals surface area contributed by atoms with E-state index in [0.29, 0.717) is 0 Å². The number of aromatic nitrogens is 1. The van der Waals surface area contributed by atoms with Gasteiger partial charge in [-0.2, -0.15) is 0 Å². The highest BCUT2D eigenvalue weighted by Gasteiger charge is 2.18. The van der Waals surface area contributed by atoms with Gasteiger partial charge in [0.15, 0.2) is 0 Å². The summed E-state index contributed by atoms with van der Waals surface area (Å²) in [6.07, 6.45) is 0. The molecule has 0 aliphatic rings. The topological polar surface area (TPSA) is 8.17 Å². The number of rotatable bonds is 5. The van der Waals surface area contributed by atoms with E-state index in [-0.39, 0.29) is 0 Å². The molecule has 10 rings (SSSR count). The molecule has 2 aromatic heterocycles. The predicted octanol–water partition coefficient (Wildman–Crippen LogP) is 13.4. The van der Waals surface area contributed by atoms with E-state index in [0.717, 1.165) is 22.7 Å². The Balaban J connectivity index is 1.18. The number of hydrogen-bond acceptors (Lipinski definition) is 2. The van der Waals surface area contributed by atoms with Crippen LogP contribution in [0, 0.1) is 0 Å². The van der Waals surface area contributed by atoms with Crippen molar-refractivity contribution in [1.29, 1.82) is 0 Å². The second-order valence-electron chi connectivity index (χ2n) is 12.6. The van der Waals surface area contributed by atoms with Gasteiger partial charge in [0.2, 0.25) is 0 Å². The molecule has 0 radical (unpaired) electrons. The smallest absolute Gasteiger partial charge is 0.0547 e. The van der Waals surface area contributed by atoms with Crippen molar-refractivity contribution in [2.24, 2.45) is 0 Å². The standard InChI is InChI=1S/C46H30N2S/c1-2-14-34(15-3-1)47(37-26-24-31-12-4-5-13-32(31)28-37)35-16-10-17-36(30-35)48-43-22-8-6-18-39(43)40-27-25-33(29-44(40)48)38-20-11-21-42-41-19-7-9-23-45(41)49-46(38)42/h1-30H. The van der Waals surface area contributed by atoms with Crippen LogP contribution < -0.4 is 4.90 Å². The minimum atomic E-state index is 1.11. The zero-order valence-electron chi connectivity index (χ0n) is 26.6. The zero-order valence-corrected chi connectivity index (χ0v) is 27.4. The van der Waals surface area contributed by atoms with E-state index in [1.807, 2.05) is 11.3 Å². The van der Waals surface area contributed by atoms with Crippen LogP contribution in [0.2, 0.25) is 0 Å². The molecule has 0 spiro atoms. The van der Waals surface area contributed by atoms with Crippen molar-refractivity contribution < 1.29 is 0 Å². The minimum Gasteiger partial charge on any atom is -0.310 e. The van der Waals surface area contributed by atoms with Crippen molar-refractivity contribution in [3.05, 3.63) is 182 Å². The summed E-state index contributed by atoms with van der Waals surface area (Å²) in [6.45, 7) is 0. The molecule has 10 aromatic rings. The first kappa shape index (κ1) is 27.9. The Morgan fingerprint density at radius 2 is 1.10 bits per heavy atom. The molecule has 0 amide bonds. The third-order valence-electron chi connectivity index (χ3n) is 9.74. The van der Waals surface area contributed by atoms with Gasteiger partial charge in [-0.3, -0.25) is 0 Å². The third-order valence-corrected chi connectivity index (χ3v) is 11.0. The molecule has 0 N–H and O–H groups in total. The molecule has 2 heterocycles. The lowest BCUT2D eigenvalue weighted by Gasteiger charge is -2.26. The largest absolute Gasteiger partial charge is 0.310 e. The molecular formula is C46H30N2S. The molecule has 0 aliphatic carbocycles. The molecule has 8 aromatic carbocycles. The molecule has 0 aliphatic heterocycles. The van der Waals surface area contributed by atoms with E-state index < -0.39 is 0 Å². The second-order valence-corrected chi connectivity index (χ2v) is 13.6. The van der Waals surface area contributed by atoms with Crippen LogP contribution in [0.1, 0.15) is 0 Å². The molecular weight excluding hydrogens is 613 g/mol. The van der Waals surface area contributed by atoms with Crippen LogP contribution in [0.5, 0.6) is 0 Å². The van der Waals surface area contributed by atoms with Crippen LogP contribution in [0.3, 0.4) is 0 Å². The van der Waals surface area contributed by atoms with Crippen LogP contribution in [0.4, 0.5) is 17.1 Å². The highest BCUT2D eigenvalue weighted by atomic mass is 32.1. The summed E-state index contributed by atoms with van der Waals surface area (Å²) in [7, 11) is 0. The van der Waals surface area contributed by atoms with Crippen LogP contribution in [0.15, 0.2) is 182 Å². The van der Waals surface area contributed by atoms with E-state index in [1.54, 1.807) is 0 Å². The van der Waals surface area contributed by atoms with E-state index in [1.165, 1.54) is 63.9 Å². The summed E-state index contributed by atoms with van der Waals surface area (Å²) in [5.74, 6) is 0. The summed E-state index contributed by atoms with van der Waals surface area (Å²) in [5.41, 5.74) is 9.39. The molecule has 0 saturated heterocycles. The Labute approximate surface area is 288 Å². The number of thiophene rings is 1. The lowest BCUT2D eigenvalue weighted by molar-refractivity contribution is 1.17. The van der Waals surface area contributed by atoms with Gasteiger partial charge < -0.3 is 9.47 Å². The summed E-state index contributed by atoms with van der Waals surface area (Å²) < 4.78 is 5.10. The molecule has 0 atom stereocenters. The molecule has 2 nitrogen and oxygen atoms in total. The number of nitrogens with zero attached hydrogens (tertiary/aromatic N) is 2. The van der Waals surface area contributed by atoms with Gasteiger partial charge in [-0.15, -0.1) is 11.3 Å². The summed E-state index contributed by atoms with van der Waals surface area (Å²) in [4.78, 5) is 2.36. The minimum absolute atomic E-state index is 1.11. The van der Waals surface area contributed by atoms with Crippen LogP contribution in [0.25, 0.3) is 69.6 Å². The molecule has 3 heteroatoms. The lowest BCUT2D eigenvalue weighted by atomic mass is 10.0. The fourth-order valence-corrected chi connectivity index (χ4v) is 8.74. The first-order valence-electron chi connectivity index (χ1n) is 16.7. The van der Waals surface area contributed by atoms with Gasteiger partial charge in [-0.1, -0.05) is 121 Å². The Hall–Kier alpha value is -6.16. The van der Waals surface area contributed by atoms with E-state index in [9.17, 15) is 0 Å². The van der Waals surface area contributed by atoms with E-state index in [4.69, 9.17) is 0 Å². The molecule has 0 saturated carbocycles. The zero-order chi connectivity index (χ0) is 32.3. The Kier molecular flexibility index (Phi) is 6.39. The van der Waals surface area contributed by atoms with Gasteiger partial charge in [0.05, 0.1) is 11.0 Å². The van der Waals surface area contributed by atoms with Gasteiger partial charge in [-0.05, 0) is 82.6 Å². The molecule has 0 fully saturated rings. The number of benzene rings is 8. The highest BCUT2D eigenvalue weighted by Crippen LogP contribution is 2.43. The Morgan fingerprint density at radius 1 is 0.408 bits per heavy atom. The van der Waals surface area contributed by atoms with Gasteiger partial charge in [-0.25, -0.2) is 0 Å². The number of para-hydroxylation sites is 2. The van der Waals surface area contributed by atoms with Gasteiger partial charge in [0.1, 0.15) is 0 Å². The highest BCUT2D eigenvalue weighted by molar-refractivity contribution is 7.26. The maximum atomic E-state index is 2.44. The van der Waals surface area contributed by atoms with Crippen molar-refractivity contribution in [2.45, 2.75) is 0 Å². The lowest BCUT2D eigenvalue weighted by Crippen LogP contribution is -2.10. The van der Waals surface area contributed by atoms with Gasteiger partial charge in [0, 0.05) is 53.7 Å². The number of hydrogen-bond donors (Lipinski definition) is 0. The van der Waals surface area contributed by atoms with Crippen molar-refractivity contribution in [3.8, 4) is 16.8 Å². The van der Waals surface area contributed by atoms with Crippen molar-refractivity contribution in [2.75, 3.05) is 4.90 Å². The van der Waals surface area contributed by atoms with Crippen LogP contribution in [-0.2, 0) is 0 Å². The van der Waals surface area contributed by atoms with E-state index in [2.05, 4.69) is 191 Å². The summed E-state index contributed by atoms with van der Waals surface area (Å²) in [6, 6.07) is 66.2. The molecule has 230 valence electrons. The molecule has 0 bridgehead atoms. The molecule has 0 unspecified atom stereocenters. The first-order valence-corrected chi connectivity index (χ1v) is 17.5. The predicted molar refractivity (Wildman–Crippen MR) is 211 cm³/mol. The van der Waals surface area contributed by atoms with Gasteiger partial charge >= 0.3 is 0 Å². The average molecular weight is 643 g/mol. The van der Waals surface area contributed by atoms with E-state index >= 15 is 0 Å². The second kappa shape index (κ2) is 11.2. The monoisotopic (exact) mass is 642 g/mol. The van der Waals surface area contributed by atoms with Gasteiger partial charge in [0.25, 0.3) is 0 Å². The first-order chi connectivity index (χ1) is 24.3. The summed E-state index contributed by atoms with van der Waals surface area (Å²) >= 11 is 1.88. The van der Waals surface area contributed by atoms with Crippen molar-refractivity contribution in [1.82, 2.24) is 4.57 Å². The maximum Gasteiger partial charge on any atom is 0.0547 e. The number of anilines is 3. The number of fused-ring (bicyclic) bond motifs is 7. The quantitative estimate of drug-likeness (QED) is 0.181. The summed E-state index contributed by atoms with van der Waals surface area (Å²) in [5, 5.41) is 7.61. The van der Waals surface area contributed by atoms with Crippen LogP contribution >= 0.6 is 11.3 Å².